The van der Waals surface area contributed by atoms with Gasteiger partial charge in [0.15, 0.2) is 0 Å². The van der Waals surface area contributed by atoms with Crippen LogP contribution in [0, 0.1) is 0 Å². The second-order valence-corrected chi connectivity index (χ2v) is 3.75. The van der Waals surface area contributed by atoms with Crippen molar-refractivity contribution in [3.63, 3.8) is 0 Å². The normalized spacial score (nSPS) is 11.6. The first-order chi connectivity index (χ1) is 8.29. The second-order valence-electron chi connectivity index (χ2n) is 3.75. The molecule has 0 bridgehead atoms. The number of carboxylic acid groups (broad SMARTS) is 1. The van der Waals surface area contributed by atoms with Crippen LogP contribution < -0.4 is 5.56 Å². The van der Waals surface area contributed by atoms with Gasteiger partial charge >= 0.3 is 12.1 Å². The summed E-state index contributed by atoms with van der Waals surface area (Å²) in [5.41, 5.74) is -2.89. The first-order valence-corrected chi connectivity index (χ1v) is 5.33. The molecule has 4 nitrogen and oxygen atoms in total. The van der Waals surface area contributed by atoms with Crippen molar-refractivity contribution in [2.24, 2.45) is 0 Å². The van der Waals surface area contributed by atoms with Gasteiger partial charge in [0.25, 0.3) is 5.56 Å². The van der Waals surface area contributed by atoms with E-state index in [2.05, 4.69) is 0 Å². The Morgan fingerprint density at radius 3 is 2.44 bits per heavy atom. The number of unbranched alkanes of at least 4 members (excludes halogenated alkanes) is 1. The average molecular weight is 263 g/mol. The molecule has 0 spiro atoms. The van der Waals surface area contributed by atoms with Crippen LogP contribution in [0.15, 0.2) is 16.9 Å². The van der Waals surface area contributed by atoms with Gasteiger partial charge in [0.2, 0.25) is 0 Å². The number of aromatic nitrogens is 1. The van der Waals surface area contributed by atoms with Crippen molar-refractivity contribution in [2.75, 3.05) is 0 Å². The van der Waals surface area contributed by atoms with E-state index in [4.69, 9.17) is 5.11 Å². The molecule has 0 saturated heterocycles. The predicted octanol–water partition coefficient (Wildman–Crippen LogP) is 2.37. The lowest BCUT2D eigenvalue weighted by atomic mass is 10.2. The molecular weight excluding hydrogens is 251 g/mol. The molecule has 0 radical (unpaired) electrons. The van der Waals surface area contributed by atoms with E-state index >= 15 is 0 Å². The molecule has 18 heavy (non-hydrogen) atoms. The molecule has 0 saturated carbocycles. The molecule has 100 valence electrons. The zero-order valence-electron chi connectivity index (χ0n) is 9.62. The second kappa shape index (κ2) is 5.24. The fourth-order valence-corrected chi connectivity index (χ4v) is 1.53. The van der Waals surface area contributed by atoms with E-state index in [9.17, 15) is 22.8 Å². The average Bonchev–Trinajstić information content (AvgIpc) is 2.25. The minimum absolute atomic E-state index is 0.148. The molecular formula is C11H12F3NO3. The van der Waals surface area contributed by atoms with Gasteiger partial charge in [0.05, 0.1) is 0 Å². The lowest BCUT2D eigenvalue weighted by molar-refractivity contribution is -0.144. The van der Waals surface area contributed by atoms with Crippen LogP contribution >= 0.6 is 0 Å². The van der Waals surface area contributed by atoms with Gasteiger partial charge in [0.1, 0.15) is 11.3 Å². The number of pyridine rings is 1. The highest BCUT2D eigenvalue weighted by Crippen LogP contribution is 2.28. The van der Waals surface area contributed by atoms with E-state index in [1.165, 1.54) is 0 Å². The van der Waals surface area contributed by atoms with Crippen LogP contribution in [0.4, 0.5) is 13.2 Å². The van der Waals surface area contributed by atoms with Crippen molar-refractivity contribution in [2.45, 2.75) is 32.5 Å². The van der Waals surface area contributed by atoms with Crippen molar-refractivity contribution in [3.8, 4) is 0 Å². The molecule has 0 atom stereocenters. The van der Waals surface area contributed by atoms with E-state index in [1.54, 1.807) is 6.92 Å². The highest BCUT2D eigenvalue weighted by molar-refractivity contribution is 5.87. The molecule has 0 aliphatic rings. The maximum absolute atomic E-state index is 12.7. The maximum atomic E-state index is 12.7. The third kappa shape index (κ3) is 2.91. The molecule has 0 aliphatic heterocycles. The van der Waals surface area contributed by atoms with Crippen molar-refractivity contribution < 1.29 is 23.1 Å². The largest absolute Gasteiger partial charge is 0.477 e. The number of halogens is 3. The van der Waals surface area contributed by atoms with Crippen LogP contribution in [0.3, 0.4) is 0 Å². The summed E-state index contributed by atoms with van der Waals surface area (Å²) in [6.45, 7) is 1.62. The van der Waals surface area contributed by atoms with Crippen LogP contribution in [0.25, 0.3) is 0 Å². The zero-order valence-corrected chi connectivity index (χ0v) is 9.62. The molecule has 0 unspecified atom stereocenters. The quantitative estimate of drug-likeness (QED) is 0.907. The molecule has 7 heteroatoms. The number of aromatic carboxylic acids is 1. The minimum atomic E-state index is -4.68. The van der Waals surface area contributed by atoms with Gasteiger partial charge in [0, 0.05) is 6.54 Å². The highest BCUT2D eigenvalue weighted by atomic mass is 19.4. The van der Waals surface area contributed by atoms with Crippen LogP contribution in [0.2, 0.25) is 0 Å². The number of rotatable bonds is 4. The van der Waals surface area contributed by atoms with E-state index in [-0.39, 0.29) is 6.54 Å². The van der Waals surface area contributed by atoms with Gasteiger partial charge in [-0.2, -0.15) is 13.2 Å². The summed E-state index contributed by atoms with van der Waals surface area (Å²) in [6, 6.07) is 1.32. The van der Waals surface area contributed by atoms with E-state index in [1.807, 2.05) is 0 Å². The van der Waals surface area contributed by atoms with Crippen LogP contribution in [0.5, 0.6) is 0 Å². The minimum Gasteiger partial charge on any atom is -0.477 e. The van der Waals surface area contributed by atoms with Crippen molar-refractivity contribution in [1.29, 1.82) is 0 Å². The monoisotopic (exact) mass is 263 g/mol. The Hall–Kier alpha value is -1.79. The summed E-state index contributed by atoms with van der Waals surface area (Å²) in [4.78, 5) is 22.4. The molecule has 0 aromatic carbocycles. The number of nitrogens with zero attached hydrogens (tertiary/aromatic N) is 1. The van der Waals surface area contributed by atoms with E-state index in [0.717, 1.165) is 0 Å². The summed E-state index contributed by atoms with van der Waals surface area (Å²) < 4.78 is 38.5. The van der Waals surface area contributed by atoms with Crippen molar-refractivity contribution >= 4 is 5.97 Å². The van der Waals surface area contributed by atoms with Crippen LogP contribution in [-0.2, 0) is 12.7 Å². The van der Waals surface area contributed by atoms with Crippen LogP contribution in [-0.4, -0.2) is 15.6 Å². The fourth-order valence-electron chi connectivity index (χ4n) is 1.53. The molecule has 0 amide bonds. The third-order valence-electron chi connectivity index (χ3n) is 2.43. The Morgan fingerprint density at radius 2 is 2.00 bits per heavy atom. The molecule has 1 rings (SSSR count). The predicted molar refractivity (Wildman–Crippen MR) is 57.6 cm³/mol. The lowest BCUT2D eigenvalue weighted by Gasteiger charge is -2.15. The Morgan fingerprint density at radius 1 is 1.39 bits per heavy atom. The Bertz CT molecular complexity index is 505. The van der Waals surface area contributed by atoms with Gasteiger partial charge in [-0.3, -0.25) is 4.79 Å². The standard InChI is InChI=1S/C11H12F3NO3/c1-2-3-6-15-8(11(12,13)14)5-4-7(9(15)16)10(17)18/h4-5H,2-3,6H2,1H3,(H,17,18). The SMILES string of the molecule is CCCCn1c(C(F)(F)F)ccc(C(=O)O)c1=O. The Kier molecular flexibility index (Phi) is 4.15. The number of hydrogen-bond donors (Lipinski definition) is 1. The van der Waals surface area contributed by atoms with Crippen LogP contribution in [0.1, 0.15) is 35.8 Å². The van der Waals surface area contributed by atoms with Crippen molar-refractivity contribution in [1.82, 2.24) is 4.57 Å². The smallest absolute Gasteiger partial charge is 0.431 e. The van der Waals surface area contributed by atoms with Gasteiger partial charge < -0.3 is 9.67 Å². The van der Waals surface area contributed by atoms with Gasteiger partial charge in [-0.05, 0) is 18.6 Å². The lowest BCUT2D eigenvalue weighted by Crippen LogP contribution is -2.31. The summed E-state index contributed by atoms with van der Waals surface area (Å²) in [5.74, 6) is -1.53. The van der Waals surface area contributed by atoms with Gasteiger partial charge in [-0.1, -0.05) is 13.3 Å². The Labute approximate surface area is 101 Å². The number of alkyl halides is 3. The third-order valence-corrected chi connectivity index (χ3v) is 2.43. The number of carbonyl (C=O) groups is 1. The molecule has 1 N–H and O–H groups in total. The van der Waals surface area contributed by atoms with Crippen molar-refractivity contribution in [3.05, 3.63) is 33.7 Å². The highest BCUT2D eigenvalue weighted by Gasteiger charge is 2.35. The molecule has 0 aliphatic carbocycles. The topological polar surface area (TPSA) is 59.3 Å². The molecule has 1 heterocycles. The number of hydrogen-bond acceptors (Lipinski definition) is 2. The molecule has 0 fully saturated rings. The summed E-state index contributed by atoms with van der Waals surface area (Å²) >= 11 is 0. The fraction of sp³-hybridized carbons (Fsp3) is 0.455. The number of carboxylic acids is 1. The molecule has 1 aromatic heterocycles. The first-order valence-electron chi connectivity index (χ1n) is 5.33. The summed E-state index contributed by atoms with van der Waals surface area (Å²) in [5, 5.41) is 8.71. The summed E-state index contributed by atoms with van der Waals surface area (Å²) in [6.07, 6.45) is -3.71. The molecule has 1 aromatic rings. The summed E-state index contributed by atoms with van der Waals surface area (Å²) in [7, 11) is 0. The first kappa shape index (κ1) is 14.3. The van der Waals surface area contributed by atoms with E-state index in [0.29, 0.717) is 29.5 Å². The van der Waals surface area contributed by atoms with E-state index < -0.39 is 29.0 Å². The zero-order chi connectivity index (χ0) is 13.9. The maximum Gasteiger partial charge on any atom is 0.431 e. The van der Waals surface area contributed by atoms with Gasteiger partial charge in [-0.25, -0.2) is 4.79 Å². The van der Waals surface area contributed by atoms with Gasteiger partial charge in [-0.15, -0.1) is 0 Å². The Balaban J connectivity index is 3.42.